The van der Waals surface area contributed by atoms with E-state index in [0.29, 0.717) is 5.92 Å². The SMILES string of the molecule is CCC(C)CN(CC)c1ccc(F)cc1CC(N)CC. The van der Waals surface area contributed by atoms with Gasteiger partial charge in [0.25, 0.3) is 0 Å². The first-order valence-corrected chi connectivity index (χ1v) is 7.80. The summed E-state index contributed by atoms with van der Waals surface area (Å²) in [5.74, 6) is 0.458. The van der Waals surface area contributed by atoms with Crippen molar-refractivity contribution in [2.45, 2.75) is 53.0 Å². The highest BCUT2D eigenvalue weighted by molar-refractivity contribution is 5.54. The molecule has 0 aliphatic carbocycles. The first kappa shape index (κ1) is 17.0. The van der Waals surface area contributed by atoms with Crippen molar-refractivity contribution < 1.29 is 4.39 Å². The Hall–Kier alpha value is -1.09. The van der Waals surface area contributed by atoms with E-state index < -0.39 is 0 Å². The fourth-order valence-electron chi connectivity index (χ4n) is 2.36. The fraction of sp³-hybridized carbons (Fsp3) is 0.647. The van der Waals surface area contributed by atoms with Gasteiger partial charge in [-0.2, -0.15) is 0 Å². The lowest BCUT2D eigenvalue weighted by Gasteiger charge is -2.29. The first-order chi connectivity index (χ1) is 9.51. The fourth-order valence-corrected chi connectivity index (χ4v) is 2.36. The molecule has 2 atom stereocenters. The van der Waals surface area contributed by atoms with E-state index in [4.69, 9.17) is 5.73 Å². The molecule has 0 saturated carbocycles. The summed E-state index contributed by atoms with van der Waals surface area (Å²) in [6.45, 7) is 10.6. The summed E-state index contributed by atoms with van der Waals surface area (Å²) in [4.78, 5) is 2.34. The van der Waals surface area contributed by atoms with Crippen LogP contribution in [-0.4, -0.2) is 19.1 Å². The monoisotopic (exact) mass is 280 g/mol. The lowest BCUT2D eigenvalue weighted by Crippen LogP contribution is -2.30. The molecule has 0 heterocycles. The van der Waals surface area contributed by atoms with Crippen LogP contribution in [0, 0.1) is 11.7 Å². The lowest BCUT2D eigenvalue weighted by molar-refractivity contribution is 0.545. The van der Waals surface area contributed by atoms with Crippen molar-refractivity contribution in [3.63, 3.8) is 0 Å². The van der Waals surface area contributed by atoms with Crippen LogP contribution in [0.2, 0.25) is 0 Å². The third kappa shape index (κ3) is 4.78. The van der Waals surface area contributed by atoms with Gasteiger partial charge in [-0.1, -0.05) is 27.2 Å². The van der Waals surface area contributed by atoms with E-state index in [9.17, 15) is 4.39 Å². The lowest BCUT2D eigenvalue weighted by atomic mass is 10.0. The highest BCUT2D eigenvalue weighted by Gasteiger charge is 2.14. The van der Waals surface area contributed by atoms with Crippen molar-refractivity contribution in [2.24, 2.45) is 11.7 Å². The minimum absolute atomic E-state index is 0.0952. The second kappa shape index (κ2) is 8.25. The van der Waals surface area contributed by atoms with Gasteiger partial charge in [0.15, 0.2) is 0 Å². The second-order valence-electron chi connectivity index (χ2n) is 5.70. The standard InChI is InChI=1S/C17H29FN2/c1-5-13(4)12-20(7-3)17-9-8-15(18)10-14(17)11-16(19)6-2/h8-10,13,16H,5-7,11-12,19H2,1-4H3. The zero-order chi connectivity index (χ0) is 15.1. The molecule has 3 heteroatoms. The van der Waals surface area contributed by atoms with Crippen molar-refractivity contribution in [1.82, 2.24) is 0 Å². The molecule has 0 amide bonds. The predicted molar refractivity (Wildman–Crippen MR) is 85.7 cm³/mol. The maximum atomic E-state index is 13.5. The number of nitrogens with two attached hydrogens (primary N) is 1. The van der Waals surface area contributed by atoms with Gasteiger partial charge in [-0.05, 0) is 49.4 Å². The van der Waals surface area contributed by atoms with Crippen LogP contribution in [0.4, 0.5) is 10.1 Å². The number of benzene rings is 1. The van der Waals surface area contributed by atoms with Gasteiger partial charge >= 0.3 is 0 Å². The summed E-state index contributed by atoms with van der Waals surface area (Å²) < 4.78 is 13.5. The van der Waals surface area contributed by atoms with Crippen LogP contribution in [-0.2, 0) is 6.42 Å². The number of hydrogen-bond acceptors (Lipinski definition) is 2. The van der Waals surface area contributed by atoms with Crippen LogP contribution >= 0.6 is 0 Å². The highest BCUT2D eigenvalue weighted by atomic mass is 19.1. The molecule has 114 valence electrons. The predicted octanol–water partition coefficient (Wildman–Crippen LogP) is 3.98. The number of halogens is 1. The zero-order valence-electron chi connectivity index (χ0n) is 13.3. The van der Waals surface area contributed by atoms with Crippen LogP contribution in [0.3, 0.4) is 0 Å². The number of anilines is 1. The molecule has 0 aromatic heterocycles. The quantitative estimate of drug-likeness (QED) is 0.780. The maximum absolute atomic E-state index is 13.5. The molecule has 2 nitrogen and oxygen atoms in total. The van der Waals surface area contributed by atoms with Crippen LogP contribution in [0.1, 0.15) is 46.1 Å². The van der Waals surface area contributed by atoms with Crippen molar-refractivity contribution in [3.8, 4) is 0 Å². The number of nitrogens with zero attached hydrogens (tertiary/aromatic N) is 1. The molecule has 0 radical (unpaired) electrons. The molecule has 0 saturated heterocycles. The molecule has 20 heavy (non-hydrogen) atoms. The summed E-state index contributed by atoms with van der Waals surface area (Å²) in [5, 5.41) is 0. The van der Waals surface area contributed by atoms with E-state index in [0.717, 1.165) is 43.6 Å². The van der Waals surface area contributed by atoms with Crippen molar-refractivity contribution in [1.29, 1.82) is 0 Å². The molecule has 2 N–H and O–H groups in total. The zero-order valence-corrected chi connectivity index (χ0v) is 13.3. The summed E-state index contributed by atoms with van der Waals surface area (Å²) in [7, 11) is 0. The Labute approximate surface area is 123 Å². The highest BCUT2D eigenvalue weighted by Crippen LogP contribution is 2.24. The van der Waals surface area contributed by atoms with Crippen LogP contribution < -0.4 is 10.6 Å². The molecule has 0 aliphatic heterocycles. The van der Waals surface area contributed by atoms with Crippen molar-refractivity contribution in [3.05, 3.63) is 29.6 Å². The molecule has 0 bridgehead atoms. The molecule has 1 aromatic rings. The summed E-state index contributed by atoms with van der Waals surface area (Å²) >= 11 is 0. The van der Waals surface area contributed by atoms with Gasteiger partial charge in [0.2, 0.25) is 0 Å². The molecule has 1 aromatic carbocycles. The Morgan fingerprint density at radius 3 is 2.45 bits per heavy atom. The van der Waals surface area contributed by atoms with E-state index >= 15 is 0 Å². The number of rotatable bonds is 8. The molecule has 1 rings (SSSR count). The Kier molecular flexibility index (Phi) is 7.00. The Bertz CT molecular complexity index is 406. The minimum atomic E-state index is -0.174. The average molecular weight is 280 g/mol. The van der Waals surface area contributed by atoms with E-state index in [-0.39, 0.29) is 11.9 Å². The van der Waals surface area contributed by atoms with Crippen LogP contribution in [0.15, 0.2) is 18.2 Å². The van der Waals surface area contributed by atoms with Gasteiger partial charge in [-0.3, -0.25) is 0 Å². The third-order valence-corrected chi connectivity index (χ3v) is 4.00. The minimum Gasteiger partial charge on any atom is -0.371 e. The number of hydrogen-bond donors (Lipinski definition) is 1. The summed E-state index contributed by atoms with van der Waals surface area (Å²) in [5.41, 5.74) is 8.22. The molecule has 0 aliphatic rings. The van der Waals surface area contributed by atoms with Crippen molar-refractivity contribution >= 4 is 5.69 Å². The van der Waals surface area contributed by atoms with E-state index in [2.05, 4.69) is 32.6 Å². The molecular formula is C17H29FN2. The Morgan fingerprint density at radius 2 is 1.90 bits per heavy atom. The van der Waals surface area contributed by atoms with Gasteiger partial charge in [0.1, 0.15) is 5.82 Å². The first-order valence-electron chi connectivity index (χ1n) is 7.80. The Morgan fingerprint density at radius 1 is 1.20 bits per heavy atom. The van der Waals surface area contributed by atoms with Gasteiger partial charge in [-0.15, -0.1) is 0 Å². The molecule has 2 unspecified atom stereocenters. The van der Waals surface area contributed by atoms with E-state index in [1.54, 1.807) is 12.1 Å². The summed E-state index contributed by atoms with van der Waals surface area (Å²) in [6.07, 6.45) is 2.80. The van der Waals surface area contributed by atoms with Crippen LogP contribution in [0.5, 0.6) is 0 Å². The second-order valence-corrected chi connectivity index (χ2v) is 5.70. The summed E-state index contributed by atoms with van der Waals surface area (Å²) in [6, 6.07) is 5.19. The van der Waals surface area contributed by atoms with E-state index in [1.807, 2.05) is 6.07 Å². The van der Waals surface area contributed by atoms with Gasteiger partial charge in [0.05, 0.1) is 0 Å². The van der Waals surface area contributed by atoms with Crippen LogP contribution in [0.25, 0.3) is 0 Å². The van der Waals surface area contributed by atoms with Gasteiger partial charge in [0, 0.05) is 24.8 Å². The maximum Gasteiger partial charge on any atom is 0.123 e. The smallest absolute Gasteiger partial charge is 0.123 e. The Balaban J connectivity index is 3.01. The topological polar surface area (TPSA) is 29.3 Å². The normalized spacial score (nSPS) is 14.1. The average Bonchev–Trinajstić information content (AvgIpc) is 2.45. The molecule has 0 fully saturated rings. The molecule has 0 spiro atoms. The van der Waals surface area contributed by atoms with E-state index in [1.165, 1.54) is 0 Å². The van der Waals surface area contributed by atoms with Gasteiger partial charge < -0.3 is 10.6 Å². The molecular weight excluding hydrogens is 251 g/mol. The van der Waals surface area contributed by atoms with Crippen molar-refractivity contribution in [2.75, 3.05) is 18.0 Å². The van der Waals surface area contributed by atoms with Gasteiger partial charge in [-0.25, -0.2) is 4.39 Å². The third-order valence-electron chi connectivity index (χ3n) is 4.00. The largest absolute Gasteiger partial charge is 0.371 e.